The van der Waals surface area contributed by atoms with Gasteiger partial charge in [-0.15, -0.1) is 0 Å². The van der Waals surface area contributed by atoms with E-state index in [2.05, 4.69) is 13.8 Å². The molecule has 0 heterocycles. The minimum atomic E-state index is -5.25. The van der Waals surface area contributed by atoms with E-state index in [1.807, 2.05) is 0 Å². The average Bonchev–Trinajstić information content (AvgIpc) is 2.63. The zero-order chi connectivity index (χ0) is 22.6. The van der Waals surface area contributed by atoms with Crippen LogP contribution >= 0.6 is 0 Å². The van der Waals surface area contributed by atoms with E-state index in [1.165, 1.54) is 0 Å². The maximum absolute atomic E-state index is 12.2. The number of aliphatic carboxylic acids is 2. The fourth-order valence-corrected chi connectivity index (χ4v) is 4.95. The first-order valence-electron chi connectivity index (χ1n) is 10.9. The van der Waals surface area contributed by atoms with Crippen molar-refractivity contribution in [2.24, 2.45) is 5.41 Å². The van der Waals surface area contributed by atoms with Crippen molar-refractivity contribution >= 4 is 22.1 Å². The number of rotatable bonds is 18. The Morgan fingerprint density at radius 2 is 1.03 bits per heavy atom. The summed E-state index contributed by atoms with van der Waals surface area (Å²) < 4.78 is 30.8. The smallest absolute Gasteiger partial charge is 0.549 e. The van der Waals surface area contributed by atoms with Crippen LogP contribution in [0.5, 0.6) is 0 Å². The number of carbonyl (C=O) groups is 2. The van der Waals surface area contributed by atoms with E-state index in [0.29, 0.717) is 25.7 Å². The van der Waals surface area contributed by atoms with Gasteiger partial charge in [0.15, 0.2) is 0 Å². The Balaban J connectivity index is -0.00000392. The predicted molar refractivity (Wildman–Crippen MR) is 108 cm³/mol. The molecule has 0 aromatic carbocycles. The molecule has 0 saturated heterocycles. The van der Waals surface area contributed by atoms with E-state index in [0.717, 1.165) is 58.3 Å². The molecule has 0 aromatic rings. The predicted octanol–water partition coefficient (Wildman–Crippen LogP) is -3.37. The van der Waals surface area contributed by atoms with Crippen LogP contribution in [0.3, 0.4) is 0 Å². The van der Waals surface area contributed by atoms with Crippen molar-refractivity contribution in [2.45, 2.75) is 115 Å². The molecular formula is C21H38Na2O7S. The number of hydrogen-bond acceptors (Lipinski definition) is 6. The standard InChI is InChI=1S/C21H40O7S.2Na/c1-4-6-8-10-12-14-16-21(19(24)25,17-15-13-11-9-7-5-2)20(3,18(22)23)29(26,27)28;;/h4-17H2,1-3H3,(H,22,23)(H,24,25)(H,26,27,28);;/q;2*+1/p-2. The number of carboxylic acid groups (broad SMARTS) is 2. The van der Waals surface area contributed by atoms with Crippen LogP contribution in [-0.4, -0.2) is 29.7 Å². The molecule has 0 aliphatic heterocycles. The molecule has 0 fully saturated rings. The Bertz CT molecular complexity index is 595. The summed E-state index contributed by atoms with van der Waals surface area (Å²) >= 11 is 0. The maximum Gasteiger partial charge on any atom is 1.00 e. The van der Waals surface area contributed by atoms with Crippen molar-refractivity contribution in [3.05, 3.63) is 0 Å². The van der Waals surface area contributed by atoms with Crippen LogP contribution in [0.25, 0.3) is 0 Å². The van der Waals surface area contributed by atoms with E-state index in [4.69, 9.17) is 0 Å². The van der Waals surface area contributed by atoms with Gasteiger partial charge >= 0.3 is 59.1 Å². The quantitative estimate of drug-likeness (QED) is 0.123. The molecule has 1 unspecified atom stereocenters. The van der Waals surface area contributed by atoms with Crippen LogP contribution in [0.2, 0.25) is 0 Å². The van der Waals surface area contributed by atoms with Gasteiger partial charge in [0.1, 0.15) is 4.75 Å². The number of carboxylic acids is 2. The van der Waals surface area contributed by atoms with Gasteiger partial charge in [-0.3, -0.25) is 4.55 Å². The summed E-state index contributed by atoms with van der Waals surface area (Å²) in [7, 11) is -5.25. The van der Waals surface area contributed by atoms with Crippen LogP contribution in [0.4, 0.5) is 0 Å². The minimum Gasteiger partial charge on any atom is -0.549 e. The molecule has 172 valence electrons. The molecule has 10 heteroatoms. The second-order valence-electron chi connectivity index (χ2n) is 8.20. The fourth-order valence-electron chi connectivity index (χ4n) is 3.96. The van der Waals surface area contributed by atoms with Crippen molar-refractivity contribution < 1.29 is 91.9 Å². The minimum absolute atomic E-state index is 0. The number of carbonyl (C=O) groups excluding carboxylic acids is 2. The monoisotopic (exact) mass is 480 g/mol. The molecule has 7 nitrogen and oxygen atoms in total. The SMILES string of the molecule is CCCCCCCCC(CCCCCCCC)(C(=O)[O-])C(C)(C(=O)[O-])S(=O)(=O)O.[Na+].[Na+]. The van der Waals surface area contributed by atoms with Gasteiger partial charge in [0.2, 0.25) is 0 Å². The van der Waals surface area contributed by atoms with Crippen molar-refractivity contribution in [1.29, 1.82) is 0 Å². The van der Waals surface area contributed by atoms with Crippen LogP contribution in [0, 0.1) is 5.41 Å². The number of hydrogen-bond donors (Lipinski definition) is 1. The van der Waals surface area contributed by atoms with Crippen LogP contribution in [0.1, 0.15) is 111 Å². The summed E-state index contributed by atoms with van der Waals surface area (Å²) in [5.41, 5.74) is -2.24. The first-order valence-corrected chi connectivity index (χ1v) is 12.3. The van der Waals surface area contributed by atoms with Gasteiger partial charge in [-0.1, -0.05) is 90.9 Å². The Labute approximate surface area is 232 Å². The average molecular weight is 481 g/mol. The normalized spacial score (nSPS) is 13.5. The van der Waals surface area contributed by atoms with Crippen molar-refractivity contribution in [3.8, 4) is 0 Å². The van der Waals surface area contributed by atoms with Gasteiger partial charge in [0, 0.05) is 11.4 Å². The fraction of sp³-hybridized carbons (Fsp3) is 0.905. The molecule has 0 aliphatic rings. The van der Waals surface area contributed by atoms with Gasteiger partial charge in [0.25, 0.3) is 10.1 Å². The van der Waals surface area contributed by atoms with Gasteiger partial charge < -0.3 is 19.8 Å². The first-order chi connectivity index (χ1) is 13.5. The van der Waals surface area contributed by atoms with Gasteiger partial charge in [-0.05, 0) is 19.8 Å². The maximum atomic E-state index is 12.2. The van der Waals surface area contributed by atoms with Crippen molar-refractivity contribution in [3.63, 3.8) is 0 Å². The van der Waals surface area contributed by atoms with Crippen molar-refractivity contribution in [1.82, 2.24) is 0 Å². The van der Waals surface area contributed by atoms with E-state index < -0.39 is 32.2 Å². The van der Waals surface area contributed by atoms with Crippen molar-refractivity contribution in [2.75, 3.05) is 0 Å². The third-order valence-electron chi connectivity index (χ3n) is 6.12. The van der Waals surface area contributed by atoms with Gasteiger partial charge in [-0.2, -0.15) is 8.42 Å². The second kappa shape index (κ2) is 18.2. The molecule has 1 N–H and O–H groups in total. The summed E-state index contributed by atoms with van der Waals surface area (Å²) in [5, 5.41) is 24.0. The van der Waals surface area contributed by atoms with Gasteiger partial charge in [-0.25, -0.2) is 0 Å². The Morgan fingerprint density at radius 1 is 0.710 bits per heavy atom. The molecule has 0 aliphatic carbocycles. The van der Waals surface area contributed by atoms with E-state index >= 15 is 0 Å². The number of unbranched alkanes of at least 4 members (excludes halogenated alkanes) is 10. The zero-order valence-corrected chi connectivity index (χ0v) is 25.0. The molecule has 0 rings (SSSR count). The van der Waals surface area contributed by atoms with E-state index in [9.17, 15) is 32.8 Å². The van der Waals surface area contributed by atoms with E-state index in [-0.39, 0.29) is 72.0 Å². The van der Waals surface area contributed by atoms with E-state index in [1.54, 1.807) is 0 Å². The third-order valence-corrected chi connectivity index (χ3v) is 7.71. The van der Waals surface area contributed by atoms with Crippen LogP contribution < -0.4 is 69.3 Å². The summed E-state index contributed by atoms with van der Waals surface area (Å²) in [6, 6.07) is 0. The Kier molecular flexibility index (Phi) is 21.4. The van der Waals surface area contributed by atoms with Crippen LogP contribution in [-0.2, 0) is 19.7 Å². The van der Waals surface area contributed by atoms with Crippen LogP contribution in [0.15, 0.2) is 0 Å². The molecule has 31 heavy (non-hydrogen) atoms. The third kappa shape index (κ3) is 10.8. The van der Waals surface area contributed by atoms with Gasteiger partial charge in [0.05, 0.1) is 5.97 Å². The Hall–Kier alpha value is 0.850. The summed E-state index contributed by atoms with van der Waals surface area (Å²) in [6.07, 6.45) is 9.43. The second-order valence-corrected chi connectivity index (χ2v) is 9.97. The topological polar surface area (TPSA) is 135 Å². The Morgan fingerprint density at radius 3 is 1.29 bits per heavy atom. The molecule has 0 bridgehead atoms. The molecule has 1 atom stereocenters. The molecule has 0 saturated carbocycles. The molecule has 0 aromatic heterocycles. The molecule has 0 amide bonds. The molecule has 0 spiro atoms. The first kappa shape index (κ1) is 36.4. The molecule has 0 radical (unpaired) electrons. The summed E-state index contributed by atoms with van der Waals surface area (Å²) in [4.78, 5) is 24.0. The summed E-state index contributed by atoms with van der Waals surface area (Å²) in [5.74, 6) is -3.87. The largest absolute Gasteiger partial charge is 1.00 e. The zero-order valence-electron chi connectivity index (χ0n) is 20.2. The summed E-state index contributed by atoms with van der Waals surface area (Å²) in [6.45, 7) is 4.87. The molecular weight excluding hydrogens is 442 g/mol.